The summed E-state index contributed by atoms with van der Waals surface area (Å²) in [6.45, 7) is 1.68. The second-order valence-electron chi connectivity index (χ2n) is 2.03. The zero-order chi connectivity index (χ0) is 6.91. The Morgan fingerprint density at radius 1 is 1.33 bits per heavy atom. The predicted molar refractivity (Wildman–Crippen MR) is 28.5 cm³/mol. The molecule has 0 aliphatic carbocycles. The largest absolute Gasteiger partial charge is 0.394 e. The molecule has 0 unspecified atom stereocenters. The number of aliphatic hydroxyl groups is 2. The first-order valence-electron chi connectivity index (χ1n) is 2.80. The lowest BCUT2D eigenvalue weighted by Crippen LogP contribution is -1.85. The van der Waals surface area contributed by atoms with Gasteiger partial charge in [-0.15, -0.1) is 0 Å². The average Bonchev–Trinajstić information content (AvgIpc) is 2.56. The lowest BCUT2D eigenvalue weighted by Gasteiger charge is -1.81. The molecular formula is C5H10O4. The molecule has 0 saturated carbocycles. The molecule has 0 spiro atoms. The standard InChI is InChI=1S/C3H4O2.C2H6O2/c1-3-2(4-3)5-3;3-1-2-4/h2H,1H3;3-4H,1-2H2. The molecule has 0 bridgehead atoms. The predicted octanol–water partition coefficient (Wildman–Crippen LogP) is -0.940. The van der Waals surface area contributed by atoms with E-state index in [0.717, 1.165) is 0 Å². The number of rotatable bonds is 1. The Morgan fingerprint density at radius 3 is 1.56 bits per heavy atom. The van der Waals surface area contributed by atoms with Crippen molar-refractivity contribution in [3.8, 4) is 0 Å². The number of hydrogen-bond donors (Lipinski definition) is 2. The molecule has 2 fully saturated rings. The first-order chi connectivity index (χ1) is 4.23. The molecule has 2 rings (SSSR count). The Morgan fingerprint density at radius 2 is 1.56 bits per heavy atom. The van der Waals surface area contributed by atoms with Crippen molar-refractivity contribution < 1.29 is 19.7 Å². The van der Waals surface area contributed by atoms with Crippen LogP contribution in [0.25, 0.3) is 0 Å². The topological polar surface area (TPSA) is 65.5 Å². The third kappa shape index (κ3) is 1.62. The summed E-state index contributed by atoms with van der Waals surface area (Å²) in [4.78, 5) is 0. The second kappa shape index (κ2) is 2.22. The van der Waals surface area contributed by atoms with Crippen molar-refractivity contribution in [1.29, 1.82) is 0 Å². The minimum Gasteiger partial charge on any atom is -0.394 e. The van der Waals surface area contributed by atoms with E-state index in [1.807, 2.05) is 6.92 Å². The number of aliphatic hydroxyl groups excluding tert-OH is 2. The summed E-state index contributed by atoms with van der Waals surface area (Å²) < 4.78 is 9.54. The SMILES string of the molecule is CC12OC1O2.OCCO. The van der Waals surface area contributed by atoms with Crippen LogP contribution in [0.4, 0.5) is 0 Å². The van der Waals surface area contributed by atoms with Crippen molar-refractivity contribution in [2.24, 2.45) is 0 Å². The zero-order valence-electron chi connectivity index (χ0n) is 5.20. The molecule has 2 aliphatic heterocycles. The lowest BCUT2D eigenvalue weighted by molar-refractivity contribution is -0.0403. The normalized spacial score (nSPS) is 42.3. The zero-order valence-corrected chi connectivity index (χ0v) is 5.20. The highest BCUT2D eigenvalue weighted by Gasteiger charge is 2.73. The molecule has 0 amide bonds. The van der Waals surface area contributed by atoms with Gasteiger partial charge in [-0.1, -0.05) is 0 Å². The van der Waals surface area contributed by atoms with Gasteiger partial charge in [0.05, 0.1) is 13.2 Å². The van der Waals surface area contributed by atoms with Crippen molar-refractivity contribution >= 4 is 0 Å². The summed E-state index contributed by atoms with van der Waals surface area (Å²) in [5, 5.41) is 15.2. The Hall–Kier alpha value is -0.160. The molecule has 54 valence electrons. The fraction of sp³-hybridized carbons (Fsp3) is 1.00. The van der Waals surface area contributed by atoms with Crippen LogP contribution >= 0.6 is 0 Å². The van der Waals surface area contributed by atoms with E-state index in [1.54, 1.807) is 0 Å². The van der Waals surface area contributed by atoms with E-state index in [0.29, 0.717) is 0 Å². The molecule has 4 heteroatoms. The minimum atomic E-state index is -0.125. The van der Waals surface area contributed by atoms with Gasteiger partial charge in [0, 0.05) is 0 Å². The average molecular weight is 134 g/mol. The monoisotopic (exact) mass is 134 g/mol. The van der Waals surface area contributed by atoms with E-state index in [-0.39, 0.29) is 25.3 Å². The van der Waals surface area contributed by atoms with Gasteiger partial charge in [-0.2, -0.15) is 0 Å². The Balaban J connectivity index is 0.0000000945. The number of hydrogen-bond acceptors (Lipinski definition) is 4. The van der Waals surface area contributed by atoms with Gasteiger partial charge >= 0.3 is 0 Å². The second-order valence-corrected chi connectivity index (χ2v) is 2.03. The minimum absolute atomic E-state index is 0.0833. The Labute approximate surface area is 53.0 Å². The van der Waals surface area contributed by atoms with Gasteiger partial charge in [0.1, 0.15) is 0 Å². The van der Waals surface area contributed by atoms with Crippen molar-refractivity contribution in [2.75, 3.05) is 13.2 Å². The van der Waals surface area contributed by atoms with Gasteiger partial charge in [0.2, 0.25) is 12.1 Å². The van der Waals surface area contributed by atoms with Gasteiger partial charge in [-0.3, -0.25) is 0 Å². The van der Waals surface area contributed by atoms with Crippen LogP contribution in [0.2, 0.25) is 0 Å². The van der Waals surface area contributed by atoms with E-state index in [4.69, 9.17) is 19.7 Å². The molecule has 0 radical (unpaired) electrons. The molecule has 0 aromatic carbocycles. The van der Waals surface area contributed by atoms with Crippen LogP contribution in [-0.2, 0) is 9.47 Å². The summed E-state index contributed by atoms with van der Waals surface area (Å²) in [7, 11) is 0. The van der Waals surface area contributed by atoms with Crippen LogP contribution in [-0.4, -0.2) is 35.5 Å². The van der Waals surface area contributed by atoms with Crippen LogP contribution in [0.3, 0.4) is 0 Å². The van der Waals surface area contributed by atoms with Gasteiger partial charge in [-0.25, -0.2) is 0 Å². The smallest absolute Gasteiger partial charge is 0.223 e. The third-order valence-electron chi connectivity index (χ3n) is 1.10. The number of epoxide rings is 2. The van der Waals surface area contributed by atoms with Crippen LogP contribution in [0.1, 0.15) is 6.92 Å². The van der Waals surface area contributed by atoms with E-state index < -0.39 is 0 Å². The third-order valence-corrected chi connectivity index (χ3v) is 1.10. The fourth-order valence-corrected chi connectivity index (χ4v) is 0.366. The van der Waals surface area contributed by atoms with Crippen molar-refractivity contribution in [2.45, 2.75) is 19.0 Å². The quantitative estimate of drug-likeness (QED) is 0.454. The molecular weight excluding hydrogens is 124 g/mol. The van der Waals surface area contributed by atoms with Gasteiger partial charge < -0.3 is 19.7 Å². The van der Waals surface area contributed by atoms with Crippen LogP contribution in [0.15, 0.2) is 0 Å². The first kappa shape index (κ1) is 6.95. The Kier molecular flexibility index (Phi) is 1.72. The number of fused-ring (bicyclic) bond motifs is 1. The molecule has 2 aliphatic rings. The van der Waals surface area contributed by atoms with E-state index in [1.165, 1.54) is 0 Å². The first-order valence-corrected chi connectivity index (χ1v) is 2.80. The summed E-state index contributed by atoms with van der Waals surface area (Å²) in [6, 6.07) is 0. The van der Waals surface area contributed by atoms with Crippen LogP contribution < -0.4 is 0 Å². The summed E-state index contributed by atoms with van der Waals surface area (Å²) >= 11 is 0. The number of ether oxygens (including phenoxy) is 2. The van der Waals surface area contributed by atoms with Crippen molar-refractivity contribution in [3.63, 3.8) is 0 Å². The lowest BCUT2D eigenvalue weighted by atomic mass is 10.6. The molecule has 2 N–H and O–H groups in total. The molecule has 4 nitrogen and oxygen atoms in total. The molecule has 2 heterocycles. The molecule has 9 heavy (non-hydrogen) atoms. The van der Waals surface area contributed by atoms with E-state index >= 15 is 0 Å². The van der Waals surface area contributed by atoms with Crippen LogP contribution in [0, 0.1) is 0 Å². The van der Waals surface area contributed by atoms with Crippen molar-refractivity contribution in [1.82, 2.24) is 0 Å². The van der Waals surface area contributed by atoms with Crippen molar-refractivity contribution in [3.05, 3.63) is 0 Å². The van der Waals surface area contributed by atoms with Gasteiger partial charge in [0.25, 0.3) is 0 Å². The summed E-state index contributed by atoms with van der Waals surface area (Å²) in [6.07, 6.45) is 0.197. The molecule has 2 saturated heterocycles. The summed E-state index contributed by atoms with van der Waals surface area (Å²) in [5.74, 6) is -0.0833. The highest BCUT2D eigenvalue weighted by molar-refractivity contribution is 4.98. The van der Waals surface area contributed by atoms with Crippen LogP contribution in [0.5, 0.6) is 0 Å². The molecule has 0 aromatic rings. The maximum absolute atomic E-state index is 7.62. The highest BCUT2D eigenvalue weighted by atomic mass is 17.0. The van der Waals surface area contributed by atoms with Gasteiger partial charge in [-0.05, 0) is 6.92 Å². The highest BCUT2D eigenvalue weighted by Crippen LogP contribution is 2.55. The maximum atomic E-state index is 7.62. The van der Waals surface area contributed by atoms with E-state index in [2.05, 4.69) is 0 Å². The molecule has 0 atom stereocenters. The summed E-state index contributed by atoms with van der Waals surface area (Å²) in [5.41, 5.74) is 0. The Bertz CT molecular complexity index is 95.1. The van der Waals surface area contributed by atoms with E-state index in [9.17, 15) is 0 Å². The molecule has 0 aromatic heterocycles. The fourth-order valence-electron chi connectivity index (χ4n) is 0.366. The van der Waals surface area contributed by atoms with Gasteiger partial charge in [0.15, 0.2) is 0 Å². The maximum Gasteiger partial charge on any atom is 0.223 e.